The van der Waals surface area contributed by atoms with E-state index in [-0.39, 0.29) is 34.1 Å². The van der Waals surface area contributed by atoms with E-state index in [0.717, 1.165) is 0 Å². The van der Waals surface area contributed by atoms with Gasteiger partial charge >= 0.3 is 0 Å². The minimum atomic E-state index is -0.0995. The van der Waals surface area contributed by atoms with E-state index in [1.165, 1.54) is 24.3 Å². The number of benzene rings is 3. The molecule has 0 radical (unpaired) electrons. The summed E-state index contributed by atoms with van der Waals surface area (Å²) >= 11 is 0. The van der Waals surface area contributed by atoms with Gasteiger partial charge in [-0.1, -0.05) is 36.4 Å². The van der Waals surface area contributed by atoms with Crippen LogP contribution < -0.4 is 0 Å². The Morgan fingerprint density at radius 2 is 0.773 bits per heavy atom. The normalized spacial score (nSPS) is 10.5. The van der Waals surface area contributed by atoms with E-state index in [2.05, 4.69) is 0 Å². The Morgan fingerprint density at radius 3 is 1.14 bits per heavy atom. The second kappa shape index (κ2) is 5.33. The maximum absolute atomic E-state index is 10.2. The van der Waals surface area contributed by atoms with Gasteiger partial charge in [0.2, 0.25) is 0 Å². The molecule has 3 rings (SSSR count). The maximum Gasteiger partial charge on any atom is 0.124 e. The summed E-state index contributed by atoms with van der Waals surface area (Å²) in [5.41, 5.74) is 1.27. The Bertz CT molecular complexity index is 770. The van der Waals surface area contributed by atoms with Crippen molar-refractivity contribution < 1.29 is 20.4 Å². The van der Waals surface area contributed by atoms with Gasteiger partial charge in [-0.2, -0.15) is 0 Å². The first kappa shape index (κ1) is 13.8. The van der Waals surface area contributed by atoms with Gasteiger partial charge < -0.3 is 20.4 Å². The van der Waals surface area contributed by atoms with Crippen LogP contribution in [0.25, 0.3) is 22.3 Å². The molecule has 0 saturated heterocycles. The number of hydrogen-bond acceptors (Lipinski definition) is 4. The minimum Gasteiger partial charge on any atom is -0.507 e. The highest BCUT2D eigenvalue weighted by molar-refractivity contribution is 5.94. The van der Waals surface area contributed by atoms with E-state index < -0.39 is 0 Å². The monoisotopic (exact) mass is 294 g/mol. The molecule has 4 N–H and O–H groups in total. The van der Waals surface area contributed by atoms with Crippen molar-refractivity contribution in [2.24, 2.45) is 0 Å². The van der Waals surface area contributed by atoms with Crippen LogP contribution in [0, 0.1) is 0 Å². The summed E-state index contributed by atoms with van der Waals surface area (Å²) in [6.07, 6.45) is 0. The van der Waals surface area contributed by atoms with Gasteiger partial charge in [0, 0.05) is 22.3 Å². The van der Waals surface area contributed by atoms with Gasteiger partial charge in [0.15, 0.2) is 0 Å². The zero-order valence-corrected chi connectivity index (χ0v) is 11.6. The van der Waals surface area contributed by atoms with Gasteiger partial charge in [-0.05, 0) is 24.3 Å². The molecule has 22 heavy (non-hydrogen) atoms. The van der Waals surface area contributed by atoms with Gasteiger partial charge in [0.1, 0.15) is 23.0 Å². The summed E-state index contributed by atoms with van der Waals surface area (Å²) in [7, 11) is 0. The number of phenolic OH excluding ortho intramolecular Hbond substituents is 4. The van der Waals surface area contributed by atoms with E-state index in [4.69, 9.17) is 0 Å². The number of aromatic hydroxyl groups is 4. The second-order valence-corrected chi connectivity index (χ2v) is 4.89. The third-order valence-corrected chi connectivity index (χ3v) is 3.51. The Morgan fingerprint density at radius 1 is 0.409 bits per heavy atom. The largest absolute Gasteiger partial charge is 0.507 e. The van der Waals surface area contributed by atoms with Gasteiger partial charge in [0.25, 0.3) is 0 Å². The van der Waals surface area contributed by atoms with Crippen LogP contribution in [-0.2, 0) is 0 Å². The number of para-hydroxylation sites is 2. The lowest BCUT2D eigenvalue weighted by molar-refractivity contribution is 0.458. The zero-order chi connectivity index (χ0) is 15.7. The topological polar surface area (TPSA) is 80.9 Å². The second-order valence-electron chi connectivity index (χ2n) is 4.89. The summed E-state index contributed by atoms with van der Waals surface area (Å²) in [6, 6.07) is 15.7. The fourth-order valence-electron chi connectivity index (χ4n) is 2.50. The fourth-order valence-corrected chi connectivity index (χ4v) is 2.50. The third kappa shape index (κ3) is 2.20. The van der Waals surface area contributed by atoms with Crippen molar-refractivity contribution >= 4 is 0 Å². The van der Waals surface area contributed by atoms with Crippen molar-refractivity contribution in [1.82, 2.24) is 0 Å². The molecule has 0 aliphatic rings. The molecule has 4 heteroatoms. The van der Waals surface area contributed by atoms with Crippen molar-refractivity contribution in [3.63, 3.8) is 0 Å². The molecule has 3 aromatic carbocycles. The Kier molecular flexibility index (Phi) is 3.35. The molecule has 4 nitrogen and oxygen atoms in total. The molecule has 0 atom stereocenters. The van der Waals surface area contributed by atoms with Gasteiger partial charge in [-0.15, -0.1) is 0 Å². The van der Waals surface area contributed by atoms with Gasteiger partial charge in [-0.3, -0.25) is 0 Å². The lowest BCUT2D eigenvalue weighted by Gasteiger charge is -2.15. The van der Waals surface area contributed by atoms with Crippen molar-refractivity contribution in [2.75, 3.05) is 0 Å². The summed E-state index contributed by atoms with van der Waals surface area (Å²) in [5.74, 6) is -0.254. The van der Waals surface area contributed by atoms with Crippen LogP contribution in [-0.4, -0.2) is 20.4 Å². The molecule has 0 heterocycles. The molecule has 0 unspecified atom stereocenters. The third-order valence-electron chi connectivity index (χ3n) is 3.51. The Balaban J connectivity index is 2.39. The highest BCUT2D eigenvalue weighted by atomic mass is 16.3. The Hall–Kier alpha value is -3.14. The first-order valence-electron chi connectivity index (χ1n) is 6.71. The van der Waals surface area contributed by atoms with Crippen LogP contribution in [0.1, 0.15) is 0 Å². The first-order valence-corrected chi connectivity index (χ1v) is 6.71. The molecule has 0 bridgehead atoms. The molecule has 0 saturated carbocycles. The smallest absolute Gasteiger partial charge is 0.124 e. The predicted octanol–water partition coefficient (Wildman–Crippen LogP) is 3.84. The lowest BCUT2D eigenvalue weighted by atomic mass is 9.92. The number of hydrogen-bond donors (Lipinski definition) is 4. The van der Waals surface area contributed by atoms with Crippen LogP contribution in [0.5, 0.6) is 23.0 Å². The average molecular weight is 294 g/mol. The van der Waals surface area contributed by atoms with Gasteiger partial charge in [-0.25, -0.2) is 0 Å². The van der Waals surface area contributed by atoms with Crippen molar-refractivity contribution in [2.45, 2.75) is 0 Å². The molecule has 3 aromatic rings. The van der Waals surface area contributed by atoms with Crippen molar-refractivity contribution in [3.05, 3.63) is 60.7 Å². The standard InChI is InChI=1S/C18H14O4/c19-13-7-3-1-5-11(13)17-15(21)9-10-16(22)18(17)12-6-2-4-8-14(12)20/h1-10,19-22H. The molecule has 0 aliphatic heterocycles. The van der Waals surface area contributed by atoms with E-state index in [9.17, 15) is 20.4 Å². The highest BCUT2D eigenvalue weighted by Gasteiger charge is 2.20. The van der Waals surface area contributed by atoms with E-state index in [1.807, 2.05) is 0 Å². The van der Waals surface area contributed by atoms with E-state index in [0.29, 0.717) is 11.1 Å². The van der Waals surface area contributed by atoms with Crippen molar-refractivity contribution in [1.29, 1.82) is 0 Å². The summed E-state index contributed by atoms with van der Waals surface area (Å²) in [5, 5.41) is 40.6. The quantitative estimate of drug-likeness (QED) is 0.541. The van der Waals surface area contributed by atoms with Crippen LogP contribution in [0.3, 0.4) is 0 Å². The molecular formula is C18H14O4. The zero-order valence-electron chi connectivity index (χ0n) is 11.6. The lowest BCUT2D eigenvalue weighted by Crippen LogP contribution is -1.89. The molecule has 110 valence electrons. The summed E-state index contributed by atoms with van der Waals surface area (Å²) in [4.78, 5) is 0. The minimum absolute atomic E-state index is 0.0277. The molecule has 0 amide bonds. The van der Waals surface area contributed by atoms with Crippen LogP contribution in [0.4, 0.5) is 0 Å². The number of phenols is 4. The van der Waals surface area contributed by atoms with Crippen LogP contribution in [0.2, 0.25) is 0 Å². The summed E-state index contributed by atoms with van der Waals surface area (Å²) < 4.78 is 0. The Labute approximate surface area is 127 Å². The molecule has 0 fully saturated rings. The summed E-state index contributed by atoms with van der Waals surface area (Å²) in [6.45, 7) is 0. The predicted molar refractivity (Wildman–Crippen MR) is 84.0 cm³/mol. The van der Waals surface area contributed by atoms with Crippen LogP contribution >= 0.6 is 0 Å². The van der Waals surface area contributed by atoms with Crippen molar-refractivity contribution in [3.8, 4) is 45.3 Å². The SMILES string of the molecule is Oc1ccccc1-c1c(O)ccc(O)c1-c1ccccc1O. The maximum atomic E-state index is 10.2. The molecular weight excluding hydrogens is 280 g/mol. The van der Waals surface area contributed by atoms with E-state index >= 15 is 0 Å². The van der Waals surface area contributed by atoms with Gasteiger partial charge in [0.05, 0.1) is 0 Å². The molecule has 0 spiro atoms. The highest BCUT2D eigenvalue weighted by Crippen LogP contribution is 2.48. The number of rotatable bonds is 2. The van der Waals surface area contributed by atoms with E-state index in [1.54, 1.807) is 36.4 Å². The average Bonchev–Trinajstić information content (AvgIpc) is 2.51. The first-order chi connectivity index (χ1) is 10.6. The molecule has 0 aliphatic carbocycles. The fraction of sp³-hybridized carbons (Fsp3) is 0. The molecule has 0 aromatic heterocycles. The van der Waals surface area contributed by atoms with Crippen LogP contribution in [0.15, 0.2) is 60.7 Å².